The summed E-state index contributed by atoms with van der Waals surface area (Å²) in [7, 11) is 0. The van der Waals surface area contributed by atoms with Crippen molar-refractivity contribution < 1.29 is 0 Å². The molecular formula is C52H30S2. The molecule has 0 aliphatic heterocycles. The minimum atomic E-state index is 1.23. The fourth-order valence-electron chi connectivity index (χ4n) is 8.97. The van der Waals surface area contributed by atoms with Crippen LogP contribution >= 0.6 is 22.7 Å². The Bertz CT molecular complexity index is 3430. The maximum absolute atomic E-state index is 2.45. The van der Waals surface area contributed by atoms with E-state index in [4.69, 9.17) is 0 Å². The molecule has 0 saturated carbocycles. The van der Waals surface area contributed by atoms with E-state index in [-0.39, 0.29) is 0 Å². The summed E-state index contributed by atoms with van der Waals surface area (Å²) < 4.78 is 5.43. The van der Waals surface area contributed by atoms with Crippen molar-refractivity contribution in [3.8, 4) is 33.4 Å². The van der Waals surface area contributed by atoms with Gasteiger partial charge in [-0.05, 0) is 101 Å². The standard InChI is InChI=1S/C52H30S2/c1-2-12-34-27-35(26-21-31(34)11-1)51-40-17-6-4-15-38(40)50(39-16-5-7-18-41(39)51)33-24-22-32(23-25-33)43-28-46-45-30-48-44(37-14-9-10-20-47(37)53-48)29-49(45)54-52(46)42-19-8-3-13-36(42)43/h1-30H. The number of hydrogen-bond donors (Lipinski definition) is 0. The van der Waals surface area contributed by atoms with Gasteiger partial charge in [-0.1, -0.05) is 152 Å². The third-order valence-corrected chi connectivity index (χ3v) is 13.8. The first kappa shape index (κ1) is 30.2. The third kappa shape index (κ3) is 4.42. The predicted molar refractivity (Wildman–Crippen MR) is 239 cm³/mol. The quantitative estimate of drug-likeness (QED) is 0.160. The van der Waals surface area contributed by atoms with Crippen LogP contribution in [0.4, 0.5) is 0 Å². The van der Waals surface area contributed by atoms with Gasteiger partial charge < -0.3 is 0 Å². The van der Waals surface area contributed by atoms with E-state index >= 15 is 0 Å². The maximum Gasteiger partial charge on any atom is 0.0434 e. The highest BCUT2D eigenvalue weighted by molar-refractivity contribution is 7.28. The highest BCUT2D eigenvalue weighted by Gasteiger charge is 2.19. The summed E-state index contributed by atoms with van der Waals surface area (Å²) in [5.41, 5.74) is 7.58. The van der Waals surface area contributed by atoms with Crippen LogP contribution in [0.5, 0.6) is 0 Å². The summed E-state index contributed by atoms with van der Waals surface area (Å²) in [5.74, 6) is 0. The molecule has 12 rings (SSSR count). The highest BCUT2D eigenvalue weighted by atomic mass is 32.1. The number of benzene rings is 10. The Morgan fingerprint density at radius 3 is 1.46 bits per heavy atom. The van der Waals surface area contributed by atoms with E-state index in [1.54, 1.807) is 0 Å². The lowest BCUT2D eigenvalue weighted by Crippen LogP contribution is -1.91. The zero-order chi connectivity index (χ0) is 35.3. The molecule has 0 radical (unpaired) electrons. The van der Waals surface area contributed by atoms with Crippen LogP contribution in [-0.2, 0) is 0 Å². The van der Waals surface area contributed by atoms with E-state index in [1.807, 2.05) is 22.7 Å². The molecule has 0 aliphatic carbocycles. The van der Waals surface area contributed by atoms with Crippen molar-refractivity contribution in [2.75, 3.05) is 0 Å². The smallest absolute Gasteiger partial charge is 0.0434 e. The molecule has 0 atom stereocenters. The minimum absolute atomic E-state index is 1.23. The van der Waals surface area contributed by atoms with Gasteiger partial charge in [0.1, 0.15) is 0 Å². The SMILES string of the molecule is c1ccc2cc(-c3c4ccccc4c(-c4ccc(-c5cc6c7cc8sc9ccccc9c8cc7sc6c6ccccc56)cc4)c4ccccc34)ccc2c1. The van der Waals surface area contributed by atoms with Crippen molar-refractivity contribution in [1.29, 1.82) is 0 Å². The Morgan fingerprint density at radius 2 is 0.759 bits per heavy atom. The summed E-state index contributed by atoms with van der Waals surface area (Å²) in [6.07, 6.45) is 0. The van der Waals surface area contributed by atoms with Gasteiger partial charge in [0.05, 0.1) is 0 Å². The van der Waals surface area contributed by atoms with Crippen LogP contribution in [-0.4, -0.2) is 0 Å². The van der Waals surface area contributed by atoms with E-state index in [1.165, 1.54) is 117 Å². The van der Waals surface area contributed by atoms with E-state index < -0.39 is 0 Å². The van der Waals surface area contributed by atoms with Gasteiger partial charge in [0.25, 0.3) is 0 Å². The van der Waals surface area contributed by atoms with Crippen LogP contribution in [0.2, 0.25) is 0 Å². The molecule has 0 saturated heterocycles. The van der Waals surface area contributed by atoms with Gasteiger partial charge in [-0.2, -0.15) is 0 Å². The molecule has 54 heavy (non-hydrogen) atoms. The Balaban J connectivity index is 1.05. The van der Waals surface area contributed by atoms with Crippen LogP contribution in [0, 0.1) is 0 Å². The van der Waals surface area contributed by atoms with Crippen molar-refractivity contribution in [2.45, 2.75) is 0 Å². The van der Waals surface area contributed by atoms with Crippen molar-refractivity contribution in [3.63, 3.8) is 0 Å². The molecule has 2 heterocycles. The largest absolute Gasteiger partial charge is 0.135 e. The van der Waals surface area contributed by atoms with Gasteiger partial charge in [0.2, 0.25) is 0 Å². The molecule has 0 bridgehead atoms. The molecule has 0 aliphatic rings. The second kappa shape index (κ2) is 11.6. The number of fused-ring (bicyclic) bond motifs is 11. The molecule has 250 valence electrons. The molecule has 12 aromatic rings. The Morgan fingerprint density at radius 1 is 0.259 bits per heavy atom. The first-order chi connectivity index (χ1) is 26.8. The first-order valence-electron chi connectivity index (χ1n) is 18.5. The van der Waals surface area contributed by atoms with E-state index in [0.717, 1.165) is 0 Å². The topological polar surface area (TPSA) is 0 Å². The maximum atomic E-state index is 2.45. The van der Waals surface area contributed by atoms with Gasteiger partial charge in [-0.25, -0.2) is 0 Å². The average molecular weight is 719 g/mol. The van der Waals surface area contributed by atoms with E-state index in [0.29, 0.717) is 0 Å². The van der Waals surface area contributed by atoms with Gasteiger partial charge in [-0.3, -0.25) is 0 Å². The number of thiophene rings is 2. The predicted octanol–water partition coefficient (Wildman–Crippen LogP) is 16.0. The van der Waals surface area contributed by atoms with Gasteiger partial charge in [0, 0.05) is 45.7 Å². The Hall–Kier alpha value is -6.32. The number of hydrogen-bond acceptors (Lipinski definition) is 2. The fourth-order valence-corrected chi connectivity index (χ4v) is 11.3. The van der Waals surface area contributed by atoms with Crippen LogP contribution < -0.4 is 0 Å². The molecule has 0 unspecified atom stereocenters. The lowest BCUT2D eigenvalue weighted by atomic mass is 9.85. The summed E-state index contributed by atoms with van der Waals surface area (Å²) in [6, 6.07) is 67.8. The fraction of sp³-hybridized carbons (Fsp3) is 0. The van der Waals surface area contributed by atoms with Gasteiger partial charge >= 0.3 is 0 Å². The van der Waals surface area contributed by atoms with Crippen LogP contribution in [0.15, 0.2) is 182 Å². The van der Waals surface area contributed by atoms with E-state index in [9.17, 15) is 0 Å². The van der Waals surface area contributed by atoms with Gasteiger partial charge in [0.15, 0.2) is 0 Å². The Labute approximate surface area is 319 Å². The molecule has 10 aromatic carbocycles. The molecule has 0 nitrogen and oxygen atoms in total. The summed E-state index contributed by atoms with van der Waals surface area (Å²) in [6.45, 7) is 0. The lowest BCUT2D eigenvalue weighted by molar-refractivity contribution is 1.64. The summed E-state index contributed by atoms with van der Waals surface area (Å²) in [5, 5.41) is 15.7. The molecular weight excluding hydrogens is 689 g/mol. The van der Waals surface area contributed by atoms with Crippen molar-refractivity contribution in [1.82, 2.24) is 0 Å². The zero-order valence-corrected chi connectivity index (χ0v) is 30.8. The second-order valence-corrected chi connectivity index (χ2v) is 16.5. The van der Waals surface area contributed by atoms with E-state index in [2.05, 4.69) is 182 Å². The van der Waals surface area contributed by atoms with Crippen LogP contribution in [0.3, 0.4) is 0 Å². The molecule has 0 N–H and O–H groups in total. The van der Waals surface area contributed by atoms with Gasteiger partial charge in [-0.15, -0.1) is 22.7 Å². The molecule has 0 spiro atoms. The summed E-state index contributed by atoms with van der Waals surface area (Å²) >= 11 is 3.83. The lowest BCUT2D eigenvalue weighted by Gasteiger charge is -2.18. The highest BCUT2D eigenvalue weighted by Crippen LogP contribution is 2.47. The average Bonchev–Trinajstić information content (AvgIpc) is 3.79. The number of rotatable bonds is 3. The summed E-state index contributed by atoms with van der Waals surface area (Å²) in [4.78, 5) is 0. The van der Waals surface area contributed by atoms with Crippen molar-refractivity contribution in [3.05, 3.63) is 182 Å². The molecule has 2 heteroatoms. The first-order valence-corrected chi connectivity index (χ1v) is 20.1. The van der Waals surface area contributed by atoms with Crippen molar-refractivity contribution >= 4 is 106 Å². The zero-order valence-electron chi connectivity index (χ0n) is 29.1. The molecule has 2 aromatic heterocycles. The third-order valence-electron chi connectivity index (χ3n) is 11.4. The monoisotopic (exact) mass is 718 g/mol. The molecule has 0 amide bonds. The van der Waals surface area contributed by atoms with Crippen LogP contribution in [0.1, 0.15) is 0 Å². The molecule has 0 fully saturated rings. The van der Waals surface area contributed by atoms with Crippen molar-refractivity contribution in [2.24, 2.45) is 0 Å². The second-order valence-electron chi connectivity index (χ2n) is 14.4. The minimum Gasteiger partial charge on any atom is -0.135 e. The Kier molecular flexibility index (Phi) is 6.48. The normalized spacial score (nSPS) is 12.1. The van der Waals surface area contributed by atoms with Crippen LogP contribution in [0.25, 0.3) is 117 Å².